The Balaban J connectivity index is 2.45. The summed E-state index contributed by atoms with van der Waals surface area (Å²) < 4.78 is 16.0. The van der Waals surface area contributed by atoms with Crippen molar-refractivity contribution in [2.75, 3.05) is 20.0 Å². The first-order valence-corrected chi connectivity index (χ1v) is 5.70. The number of rotatable bonds is 4. The molecule has 7 heteroatoms. The van der Waals surface area contributed by atoms with Crippen LogP contribution in [0.15, 0.2) is 24.5 Å². The van der Waals surface area contributed by atoms with E-state index in [0.717, 1.165) is 0 Å². The SMILES string of the molecule is COc1cccc(OC)c1Oc1ncnc(N)c1Cl. The number of halogens is 1. The van der Waals surface area contributed by atoms with E-state index in [1.54, 1.807) is 18.2 Å². The summed E-state index contributed by atoms with van der Waals surface area (Å²) in [4.78, 5) is 7.69. The zero-order valence-corrected chi connectivity index (χ0v) is 11.1. The van der Waals surface area contributed by atoms with E-state index in [0.29, 0.717) is 17.2 Å². The molecule has 0 saturated heterocycles. The minimum atomic E-state index is 0.135. The number of ether oxygens (including phenoxy) is 3. The second-order valence-electron chi connectivity index (χ2n) is 3.47. The molecule has 0 atom stereocenters. The van der Waals surface area contributed by atoms with Crippen LogP contribution in [0.25, 0.3) is 0 Å². The summed E-state index contributed by atoms with van der Waals surface area (Å²) in [5, 5.41) is 0.135. The Morgan fingerprint density at radius 2 is 1.74 bits per heavy atom. The minimum absolute atomic E-state index is 0.135. The summed E-state index contributed by atoms with van der Waals surface area (Å²) in [6.45, 7) is 0. The zero-order chi connectivity index (χ0) is 13.8. The van der Waals surface area contributed by atoms with Gasteiger partial charge in [-0.05, 0) is 12.1 Å². The van der Waals surface area contributed by atoms with E-state index in [1.165, 1.54) is 20.5 Å². The van der Waals surface area contributed by atoms with Crippen LogP contribution in [0, 0.1) is 0 Å². The maximum atomic E-state index is 5.98. The van der Waals surface area contributed by atoms with Crippen molar-refractivity contribution in [3.63, 3.8) is 0 Å². The molecule has 0 spiro atoms. The number of para-hydroxylation sites is 1. The summed E-state index contributed by atoms with van der Waals surface area (Å²) in [6, 6.07) is 5.24. The summed E-state index contributed by atoms with van der Waals surface area (Å²) in [6.07, 6.45) is 1.26. The molecule has 19 heavy (non-hydrogen) atoms. The number of hydrogen-bond acceptors (Lipinski definition) is 6. The van der Waals surface area contributed by atoms with E-state index in [9.17, 15) is 0 Å². The molecule has 0 saturated carbocycles. The lowest BCUT2D eigenvalue weighted by Gasteiger charge is -2.13. The van der Waals surface area contributed by atoms with Crippen LogP contribution in [0.4, 0.5) is 5.82 Å². The maximum absolute atomic E-state index is 5.98. The monoisotopic (exact) mass is 281 g/mol. The Hall–Kier alpha value is -2.21. The lowest BCUT2D eigenvalue weighted by atomic mass is 10.3. The van der Waals surface area contributed by atoms with E-state index in [2.05, 4.69) is 9.97 Å². The number of anilines is 1. The third kappa shape index (κ3) is 2.63. The number of benzene rings is 1. The van der Waals surface area contributed by atoms with Gasteiger partial charge in [0.1, 0.15) is 17.2 Å². The highest BCUT2D eigenvalue weighted by Crippen LogP contribution is 2.41. The molecule has 1 aromatic heterocycles. The zero-order valence-electron chi connectivity index (χ0n) is 10.4. The van der Waals surface area contributed by atoms with Crippen molar-refractivity contribution in [3.8, 4) is 23.1 Å². The third-order valence-electron chi connectivity index (χ3n) is 2.37. The van der Waals surface area contributed by atoms with Gasteiger partial charge in [0.05, 0.1) is 14.2 Å². The molecule has 0 bridgehead atoms. The van der Waals surface area contributed by atoms with Crippen LogP contribution in [0.3, 0.4) is 0 Å². The van der Waals surface area contributed by atoms with Gasteiger partial charge < -0.3 is 19.9 Å². The van der Waals surface area contributed by atoms with Gasteiger partial charge in [-0.2, -0.15) is 4.98 Å². The van der Waals surface area contributed by atoms with Crippen LogP contribution in [-0.4, -0.2) is 24.2 Å². The molecule has 100 valence electrons. The lowest BCUT2D eigenvalue weighted by molar-refractivity contribution is 0.342. The van der Waals surface area contributed by atoms with Crippen molar-refractivity contribution in [1.29, 1.82) is 0 Å². The van der Waals surface area contributed by atoms with Gasteiger partial charge in [-0.15, -0.1) is 0 Å². The highest BCUT2D eigenvalue weighted by molar-refractivity contribution is 6.34. The molecule has 1 heterocycles. The Kier molecular flexibility index (Phi) is 3.91. The van der Waals surface area contributed by atoms with Gasteiger partial charge in [0.2, 0.25) is 11.6 Å². The number of methoxy groups -OCH3 is 2. The van der Waals surface area contributed by atoms with Crippen molar-refractivity contribution in [1.82, 2.24) is 9.97 Å². The van der Waals surface area contributed by atoms with E-state index in [4.69, 9.17) is 31.5 Å². The highest BCUT2D eigenvalue weighted by Gasteiger charge is 2.16. The smallest absolute Gasteiger partial charge is 0.243 e. The van der Waals surface area contributed by atoms with Crippen LogP contribution in [0.5, 0.6) is 23.1 Å². The van der Waals surface area contributed by atoms with Crippen molar-refractivity contribution >= 4 is 17.4 Å². The summed E-state index contributed by atoms with van der Waals surface area (Å²) in [7, 11) is 3.05. The molecule has 0 fully saturated rings. The Bertz CT molecular complexity index is 570. The number of nitrogens with two attached hydrogens (primary N) is 1. The predicted molar refractivity (Wildman–Crippen MR) is 71.1 cm³/mol. The molecule has 6 nitrogen and oxygen atoms in total. The Morgan fingerprint density at radius 1 is 1.11 bits per heavy atom. The molecule has 0 aliphatic carbocycles. The lowest BCUT2D eigenvalue weighted by Crippen LogP contribution is -1.99. The summed E-state index contributed by atoms with van der Waals surface area (Å²) in [5.74, 6) is 1.63. The number of aromatic nitrogens is 2. The molecule has 1 aromatic carbocycles. The first-order valence-electron chi connectivity index (χ1n) is 5.32. The number of nitrogens with zero attached hydrogens (tertiary/aromatic N) is 2. The molecule has 0 amide bonds. The number of hydrogen-bond donors (Lipinski definition) is 1. The van der Waals surface area contributed by atoms with Crippen LogP contribution < -0.4 is 19.9 Å². The van der Waals surface area contributed by atoms with Crippen molar-refractivity contribution in [3.05, 3.63) is 29.5 Å². The average Bonchev–Trinajstić information content (AvgIpc) is 2.44. The first-order chi connectivity index (χ1) is 9.17. The van der Waals surface area contributed by atoms with Gasteiger partial charge in [0, 0.05) is 0 Å². The minimum Gasteiger partial charge on any atom is -0.493 e. The van der Waals surface area contributed by atoms with E-state index >= 15 is 0 Å². The van der Waals surface area contributed by atoms with E-state index in [1.807, 2.05) is 0 Å². The third-order valence-corrected chi connectivity index (χ3v) is 2.72. The second-order valence-corrected chi connectivity index (χ2v) is 3.85. The quantitative estimate of drug-likeness (QED) is 0.927. The molecule has 0 unspecified atom stereocenters. The van der Waals surface area contributed by atoms with Crippen molar-refractivity contribution in [2.45, 2.75) is 0 Å². The topological polar surface area (TPSA) is 79.5 Å². The Labute approximate surface area is 115 Å². The molecule has 2 rings (SSSR count). The van der Waals surface area contributed by atoms with Crippen LogP contribution in [0.2, 0.25) is 5.02 Å². The van der Waals surface area contributed by atoms with Gasteiger partial charge >= 0.3 is 0 Å². The summed E-state index contributed by atoms with van der Waals surface area (Å²) >= 11 is 5.98. The van der Waals surface area contributed by atoms with Gasteiger partial charge in [-0.3, -0.25) is 0 Å². The van der Waals surface area contributed by atoms with Crippen molar-refractivity contribution in [2.24, 2.45) is 0 Å². The fraction of sp³-hybridized carbons (Fsp3) is 0.167. The van der Waals surface area contributed by atoms with Gasteiger partial charge in [-0.1, -0.05) is 17.7 Å². The highest BCUT2D eigenvalue weighted by atomic mass is 35.5. The van der Waals surface area contributed by atoms with Crippen molar-refractivity contribution < 1.29 is 14.2 Å². The fourth-order valence-electron chi connectivity index (χ4n) is 1.45. The molecular weight excluding hydrogens is 270 g/mol. The molecule has 0 radical (unpaired) electrons. The Morgan fingerprint density at radius 3 is 2.32 bits per heavy atom. The summed E-state index contributed by atoms with van der Waals surface area (Å²) in [5.41, 5.74) is 5.59. The van der Waals surface area contributed by atoms with E-state index in [-0.39, 0.29) is 16.7 Å². The first kappa shape index (κ1) is 13.2. The van der Waals surface area contributed by atoms with Gasteiger partial charge in [-0.25, -0.2) is 4.98 Å². The predicted octanol–water partition coefficient (Wildman–Crippen LogP) is 2.52. The van der Waals surface area contributed by atoms with Gasteiger partial charge in [0.25, 0.3) is 0 Å². The second kappa shape index (κ2) is 5.62. The molecular formula is C12H12ClN3O3. The molecule has 2 aromatic rings. The standard InChI is InChI=1S/C12H12ClN3O3/c1-17-7-4-3-5-8(18-2)10(7)19-12-9(13)11(14)15-6-16-12/h3-6H,1-2H3,(H2,14,15,16). The van der Waals surface area contributed by atoms with Crippen LogP contribution in [0.1, 0.15) is 0 Å². The average molecular weight is 282 g/mol. The normalized spacial score (nSPS) is 10.1. The molecule has 2 N–H and O–H groups in total. The number of nitrogen functional groups attached to an aromatic ring is 1. The molecule has 0 aliphatic heterocycles. The maximum Gasteiger partial charge on any atom is 0.243 e. The molecule has 0 aliphatic rings. The van der Waals surface area contributed by atoms with E-state index < -0.39 is 0 Å². The van der Waals surface area contributed by atoms with Gasteiger partial charge in [0.15, 0.2) is 11.5 Å². The van der Waals surface area contributed by atoms with Crippen LogP contribution in [-0.2, 0) is 0 Å². The fourth-order valence-corrected chi connectivity index (χ4v) is 1.59. The van der Waals surface area contributed by atoms with Crippen LogP contribution >= 0.6 is 11.6 Å². The largest absolute Gasteiger partial charge is 0.493 e.